The molecule has 0 saturated carbocycles. The summed E-state index contributed by atoms with van der Waals surface area (Å²) in [6, 6.07) is 14.0. The Morgan fingerprint density at radius 1 is 1.06 bits per heavy atom. The second kappa shape index (κ2) is 10.5. The number of likely N-dealkylation sites (tertiary alicyclic amines) is 1. The van der Waals surface area contributed by atoms with Crippen molar-refractivity contribution in [3.05, 3.63) is 87.4 Å². The number of aromatic nitrogens is 2. The fourth-order valence-electron chi connectivity index (χ4n) is 4.11. The molecule has 5 nitrogen and oxygen atoms in total. The van der Waals surface area contributed by atoms with E-state index in [-0.39, 0.29) is 11.8 Å². The van der Waals surface area contributed by atoms with E-state index in [9.17, 15) is 4.79 Å². The number of hydrogen-bond acceptors (Lipinski definition) is 3. The molecule has 0 bridgehead atoms. The molecule has 1 amide bonds. The van der Waals surface area contributed by atoms with Gasteiger partial charge in [-0.1, -0.05) is 53.5 Å². The molecular formula is C25H28Cl2N4O. The Kier molecular flexibility index (Phi) is 7.51. The van der Waals surface area contributed by atoms with Gasteiger partial charge in [-0.05, 0) is 61.7 Å². The summed E-state index contributed by atoms with van der Waals surface area (Å²) in [5.74, 6) is 1.21. The van der Waals surface area contributed by atoms with Gasteiger partial charge in [-0.3, -0.25) is 9.69 Å². The normalized spacial score (nSPS) is 15.1. The molecular weight excluding hydrogens is 443 g/mol. The minimum atomic E-state index is 0.0652. The van der Waals surface area contributed by atoms with Gasteiger partial charge in [0.2, 0.25) is 5.91 Å². The third-order valence-corrected chi connectivity index (χ3v) is 6.72. The van der Waals surface area contributed by atoms with Crippen molar-refractivity contribution in [2.45, 2.75) is 39.4 Å². The zero-order valence-electron chi connectivity index (χ0n) is 18.2. The maximum Gasteiger partial charge on any atom is 0.223 e. The molecule has 2 heterocycles. The van der Waals surface area contributed by atoms with Crippen molar-refractivity contribution < 1.29 is 4.79 Å². The lowest BCUT2D eigenvalue weighted by Gasteiger charge is -2.31. The standard InChI is InChI=1S/C25H28Cl2N4O/c1-18-28-10-13-31(18)16-20-4-2-19(3-5-20)15-29-25(32)21-8-11-30(12-9-21)17-22-6-7-23(26)14-24(22)27/h2-7,10,13-14,21H,8-9,11-12,15-17H2,1H3,(H,29,32). The lowest BCUT2D eigenvalue weighted by molar-refractivity contribution is -0.126. The van der Waals surface area contributed by atoms with E-state index in [1.54, 1.807) is 6.07 Å². The number of carbonyl (C=O) groups excluding carboxylic acids is 1. The van der Waals surface area contributed by atoms with Gasteiger partial charge in [-0.25, -0.2) is 4.98 Å². The third kappa shape index (κ3) is 5.91. The van der Waals surface area contributed by atoms with Crippen LogP contribution in [0.25, 0.3) is 0 Å². The smallest absolute Gasteiger partial charge is 0.223 e. The summed E-state index contributed by atoms with van der Waals surface area (Å²) >= 11 is 12.3. The third-order valence-electron chi connectivity index (χ3n) is 6.13. The number of imidazole rings is 1. The monoisotopic (exact) mass is 470 g/mol. The van der Waals surface area contributed by atoms with E-state index in [1.807, 2.05) is 31.5 Å². The molecule has 1 aliphatic rings. The Morgan fingerprint density at radius 2 is 1.78 bits per heavy atom. The Hall–Kier alpha value is -2.34. The van der Waals surface area contributed by atoms with Crippen LogP contribution in [-0.2, 0) is 24.4 Å². The van der Waals surface area contributed by atoms with Crippen LogP contribution < -0.4 is 5.32 Å². The van der Waals surface area contributed by atoms with Gasteiger partial charge in [-0.2, -0.15) is 0 Å². The van der Waals surface area contributed by atoms with Crippen molar-refractivity contribution in [1.82, 2.24) is 19.8 Å². The van der Waals surface area contributed by atoms with Crippen molar-refractivity contribution in [3.63, 3.8) is 0 Å². The van der Waals surface area contributed by atoms with E-state index in [1.165, 1.54) is 5.56 Å². The van der Waals surface area contributed by atoms with E-state index >= 15 is 0 Å². The second-order valence-corrected chi connectivity index (χ2v) is 9.27. The van der Waals surface area contributed by atoms with Gasteiger partial charge in [0.05, 0.1) is 0 Å². The fourth-order valence-corrected chi connectivity index (χ4v) is 4.58. The Bertz CT molecular complexity index is 1060. The highest BCUT2D eigenvalue weighted by molar-refractivity contribution is 6.35. The van der Waals surface area contributed by atoms with Gasteiger partial charge >= 0.3 is 0 Å². The van der Waals surface area contributed by atoms with E-state index in [2.05, 4.69) is 44.0 Å². The molecule has 32 heavy (non-hydrogen) atoms. The predicted molar refractivity (Wildman–Crippen MR) is 129 cm³/mol. The van der Waals surface area contributed by atoms with E-state index in [0.717, 1.165) is 56.0 Å². The molecule has 2 aromatic carbocycles. The van der Waals surface area contributed by atoms with Gasteiger partial charge in [0, 0.05) is 48.0 Å². The van der Waals surface area contributed by atoms with Crippen LogP contribution in [0.2, 0.25) is 10.0 Å². The predicted octanol–water partition coefficient (Wildman–Crippen LogP) is 5.08. The topological polar surface area (TPSA) is 50.2 Å². The van der Waals surface area contributed by atoms with Gasteiger partial charge in [0.1, 0.15) is 5.82 Å². The molecule has 1 fully saturated rings. The number of halogens is 2. The number of nitrogens with zero attached hydrogens (tertiary/aromatic N) is 3. The summed E-state index contributed by atoms with van der Waals surface area (Å²) in [4.78, 5) is 19.3. The van der Waals surface area contributed by atoms with Crippen LogP contribution in [0, 0.1) is 12.8 Å². The Labute approximate surface area is 199 Å². The lowest BCUT2D eigenvalue weighted by Crippen LogP contribution is -2.40. The first-order valence-corrected chi connectivity index (χ1v) is 11.7. The number of benzene rings is 2. The molecule has 1 saturated heterocycles. The Morgan fingerprint density at radius 3 is 2.44 bits per heavy atom. The highest BCUT2D eigenvalue weighted by Gasteiger charge is 2.25. The van der Waals surface area contributed by atoms with Gasteiger partial charge in [0.25, 0.3) is 0 Å². The molecule has 1 aromatic heterocycles. The van der Waals surface area contributed by atoms with Gasteiger partial charge < -0.3 is 9.88 Å². The maximum absolute atomic E-state index is 12.7. The largest absolute Gasteiger partial charge is 0.352 e. The summed E-state index contributed by atoms with van der Waals surface area (Å²) < 4.78 is 2.12. The van der Waals surface area contributed by atoms with Crippen LogP contribution in [-0.4, -0.2) is 33.4 Å². The average molecular weight is 471 g/mol. The molecule has 1 aliphatic heterocycles. The van der Waals surface area contributed by atoms with E-state index in [0.29, 0.717) is 16.6 Å². The molecule has 0 atom stereocenters. The van der Waals surface area contributed by atoms with Crippen molar-refractivity contribution in [2.24, 2.45) is 5.92 Å². The number of carbonyl (C=O) groups is 1. The SMILES string of the molecule is Cc1nccn1Cc1ccc(CNC(=O)C2CCN(Cc3ccc(Cl)cc3Cl)CC2)cc1. The van der Waals surface area contributed by atoms with E-state index < -0.39 is 0 Å². The molecule has 0 aliphatic carbocycles. The van der Waals surface area contributed by atoms with Gasteiger partial charge in [-0.15, -0.1) is 0 Å². The minimum Gasteiger partial charge on any atom is -0.352 e. The zero-order valence-corrected chi connectivity index (χ0v) is 19.7. The van der Waals surface area contributed by atoms with Crippen molar-refractivity contribution >= 4 is 29.1 Å². The van der Waals surface area contributed by atoms with Crippen LogP contribution in [0.1, 0.15) is 35.4 Å². The molecule has 3 aromatic rings. The average Bonchev–Trinajstić information content (AvgIpc) is 3.20. The molecule has 1 N–H and O–H groups in total. The molecule has 4 rings (SSSR count). The minimum absolute atomic E-state index is 0.0652. The first kappa shape index (κ1) is 22.8. The lowest BCUT2D eigenvalue weighted by atomic mass is 9.95. The van der Waals surface area contributed by atoms with E-state index in [4.69, 9.17) is 23.2 Å². The van der Waals surface area contributed by atoms with Crippen LogP contribution in [0.15, 0.2) is 54.9 Å². The first-order chi connectivity index (χ1) is 15.5. The number of piperidine rings is 1. The van der Waals surface area contributed by atoms with Crippen LogP contribution >= 0.6 is 23.2 Å². The molecule has 0 unspecified atom stereocenters. The highest BCUT2D eigenvalue weighted by Crippen LogP contribution is 2.25. The Balaban J connectivity index is 1.21. The number of rotatable bonds is 7. The highest BCUT2D eigenvalue weighted by atomic mass is 35.5. The van der Waals surface area contributed by atoms with Crippen molar-refractivity contribution in [3.8, 4) is 0 Å². The summed E-state index contributed by atoms with van der Waals surface area (Å²) in [5, 5.41) is 4.46. The molecule has 7 heteroatoms. The maximum atomic E-state index is 12.7. The first-order valence-electron chi connectivity index (χ1n) is 11.0. The van der Waals surface area contributed by atoms with Crippen LogP contribution in [0.5, 0.6) is 0 Å². The number of amides is 1. The van der Waals surface area contributed by atoms with Crippen molar-refractivity contribution in [1.29, 1.82) is 0 Å². The molecule has 0 spiro atoms. The summed E-state index contributed by atoms with van der Waals surface area (Å²) in [5.41, 5.74) is 3.40. The fraction of sp³-hybridized carbons (Fsp3) is 0.360. The second-order valence-electron chi connectivity index (χ2n) is 8.42. The summed E-state index contributed by atoms with van der Waals surface area (Å²) in [7, 11) is 0. The summed E-state index contributed by atoms with van der Waals surface area (Å²) in [6.45, 7) is 5.93. The number of nitrogens with one attached hydrogen (secondary N) is 1. The quantitative estimate of drug-likeness (QED) is 0.523. The number of aryl methyl sites for hydroxylation is 1. The molecule has 0 radical (unpaired) electrons. The number of hydrogen-bond donors (Lipinski definition) is 1. The van der Waals surface area contributed by atoms with Crippen LogP contribution in [0.4, 0.5) is 0 Å². The summed E-state index contributed by atoms with van der Waals surface area (Å²) in [6.07, 6.45) is 5.52. The van der Waals surface area contributed by atoms with Crippen LogP contribution in [0.3, 0.4) is 0 Å². The molecule has 168 valence electrons. The van der Waals surface area contributed by atoms with Crippen molar-refractivity contribution in [2.75, 3.05) is 13.1 Å². The zero-order chi connectivity index (χ0) is 22.5. The van der Waals surface area contributed by atoms with Gasteiger partial charge in [0.15, 0.2) is 0 Å².